The van der Waals surface area contributed by atoms with Crippen molar-refractivity contribution in [3.63, 3.8) is 0 Å². The molecule has 0 saturated heterocycles. The van der Waals surface area contributed by atoms with Gasteiger partial charge in [-0.25, -0.2) is 0 Å². The average molecular weight is 311 g/mol. The van der Waals surface area contributed by atoms with Gasteiger partial charge in [-0.1, -0.05) is 56.5 Å². The molecule has 1 saturated carbocycles. The largest absolute Gasteiger partial charge is 0.351 e. The van der Waals surface area contributed by atoms with E-state index in [2.05, 4.69) is 24.4 Å². The average Bonchev–Trinajstić information content (AvgIpc) is 2.48. The minimum absolute atomic E-state index is 0. The third kappa shape index (κ3) is 5.01. The van der Waals surface area contributed by atoms with E-state index < -0.39 is 5.54 Å². The van der Waals surface area contributed by atoms with Crippen LogP contribution in [0.5, 0.6) is 0 Å². The third-order valence-electron chi connectivity index (χ3n) is 4.35. The predicted molar refractivity (Wildman–Crippen MR) is 89.6 cm³/mol. The molecule has 1 aromatic carbocycles. The first kappa shape index (κ1) is 18.0. The zero-order valence-electron chi connectivity index (χ0n) is 12.8. The SMILES string of the molecule is CCC(Cc1ccccc1)NC(=O)C1(N)CCCCC1.Cl. The Morgan fingerprint density at radius 3 is 2.43 bits per heavy atom. The lowest BCUT2D eigenvalue weighted by Gasteiger charge is -2.33. The Balaban J connectivity index is 0.00000220. The molecule has 4 heteroatoms. The van der Waals surface area contributed by atoms with E-state index in [4.69, 9.17) is 5.73 Å². The molecule has 3 N–H and O–H groups in total. The molecule has 1 atom stereocenters. The summed E-state index contributed by atoms with van der Waals surface area (Å²) in [4.78, 5) is 12.4. The van der Waals surface area contributed by atoms with Crippen LogP contribution >= 0.6 is 12.4 Å². The van der Waals surface area contributed by atoms with Gasteiger partial charge >= 0.3 is 0 Å². The molecular formula is C17H27ClN2O. The van der Waals surface area contributed by atoms with Crippen molar-refractivity contribution in [1.82, 2.24) is 5.32 Å². The number of amides is 1. The van der Waals surface area contributed by atoms with Gasteiger partial charge in [-0.3, -0.25) is 4.79 Å². The molecule has 1 fully saturated rings. The van der Waals surface area contributed by atoms with Crippen molar-refractivity contribution in [2.75, 3.05) is 0 Å². The van der Waals surface area contributed by atoms with Gasteiger partial charge in [0.1, 0.15) is 0 Å². The Labute approximate surface area is 134 Å². The van der Waals surface area contributed by atoms with Crippen molar-refractivity contribution in [1.29, 1.82) is 0 Å². The van der Waals surface area contributed by atoms with E-state index >= 15 is 0 Å². The highest BCUT2D eigenvalue weighted by molar-refractivity contribution is 5.86. The van der Waals surface area contributed by atoms with Crippen LogP contribution in [0.3, 0.4) is 0 Å². The third-order valence-corrected chi connectivity index (χ3v) is 4.35. The fourth-order valence-electron chi connectivity index (χ4n) is 2.93. The van der Waals surface area contributed by atoms with Crippen LogP contribution in [0.1, 0.15) is 51.0 Å². The summed E-state index contributed by atoms with van der Waals surface area (Å²) >= 11 is 0. The van der Waals surface area contributed by atoms with Gasteiger partial charge in [-0.15, -0.1) is 12.4 Å². The van der Waals surface area contributed by atoms with Crippen LogP contribution < -0.4 is 11.1 Å². The number of benzene rings is 1. The predicted octanol–water partition coefficient (Wildman–Crippen LogP) is 3.21. The zero-order chi connectivity index (χ0) is 14.4. The maximum atomic E-state index is 12.4. The van der Waals surface area contributed by atoms with Crippen LogP contribution in [0, 0.1) is 0 Å². The number of nitrogens with two attached hydrogens (primary N) is 1. The minimum Gasteiger partial charge on any atom is -0.351 e. The van der Waals surface area contributed by atoms with Crippen molar-refractivity contribution >= 4 is 18.3 Å². The van der Waals surface area contributed by atoms with Crippen molar-refractivity contribution in [2.45, 2.75) is 63.5 Å². The molecule has 1 amide bonds. The number of hydrogen-bond donors (Lipinski definition) is 2. The van der Waals surface area contributed by atoms with E-state index in [1.807, 2.05) is 18.2 Å². The summed E-state index contributed by atoms with van der Waals surface area (Å²) in [6.45, 7) is 2.11. The van der Waals surface area contributed by atoms with Crippen molar-refractivity contribution < 1.29 is 4.79 Å². The first-order chi connectivity index (χ1) is 9.64. The molecule has 2 rings (SSSR count). The Bertz CT molecular complexity index is 430. The topological polar surface area (TPSA) is 55.1 Å². The van der Waals surface area contributed by atoms with Crippen molar-refractivity contribution in [2.24, 2.45) is 5.73 Å². The van der Waals surface area contributed by atoms with Crippen LogP contribution in [0.2, 0.25) is 0 Å². The molecule has 0 spiro atoms. The summed E-state index contributed by atoms with van der Waals surface area (Å²) in [5.74, 6) is 0.0416. The molecule has 1 aliphatic rings. The maximum absolute atomic E-state index is 12.4. The summed E-state index contributed by atoms with van der Waals surface area (Å²) in [7, 11) is 0. The first-order valence-electron chi connectivity index (χ1n) is 7.78. The summed E-state index contributed by atoms with van der Waals surface area (Å²) in [5, 5.41) is 3.16. The maximum Gasteiger partial charge on any atom is 0.240 e. The number of carbonyl (C=O) groups is 1. The summed E-state index contributed by atoms with van der Waals surface area (Å²) in [6.07, 6.45) is 6.78. The molecule has 0 aromatic heterocycles. The molecule has 0 aliphatic heterocycles. The standard InChI is InChI=1S/C17H26N2O.ClH/c1-2-15(13-14-9-5-3-6-10-14)19-16(20)17(18)11-7-4-8-12-17;/h3,5-6,9-10,15H,2,4,7-8,11-13,18H2,1H3,(H,19,20);1H. The second kappa shape index (κ2) is 8.40. The van der Waals surface area contributed by atoms with E-state index in [1.54, 1.807) is 0 Å². The molecule has 1 aromatic rings. The molecule has 1 aliphatic carbocycles. The van der Waals surface area contributed by atoms with E-state index in [-0.39, 0.29) is 24.4 Å². The molecule has 1 unspecified atom stereocenters. The van der Waals surface area contributed by atoms with Gasteiger partial charge in [0.2, 0.25) is 5.91 Å². The van der Waals surface area contributed by atoms with E-state index in [0.29, 0.717) is 0 Å². The van der Waals surface area contributed by atoms with Gasteiger partial charge in [0.05, 0.1) is 5.54 Å². The molecular weight excluding hydrogens is 284 g/mol. The highest BCUT2D eigenvalue weighted by Gasteiger charge is 2.35. The molecule has 118 valence electrons. The highest BCUT2D eigenvalue weighted by atomic mass is 35.5. The van der Waals surface area contributed by atoms with Gasteiger partial charge in [0.15, 0.2) is 0 Å². The minimum atomic E-state index is -0.637. The number of carbonyl (C=O) groups excluding carboxylic acids is 1. The van der Waals surface area contributed by atoms with Gasteiger partial charge in [0, 0.05) is 6.04 Å². The Morgan fingerprint density at radius 1 is 1.24 bits per heavy atom. The number of rotatable bonds is 5. The van der Waals surface area contributed by atoms with Crippen LogP contribution in [0.25, 0.3) is 0 Å². The van der Waals surface area contributed by atoms with Crippen LogP contribution in [0.4, 0.5) is 0 Å². The fraction of sp³-hybridized carbons (Fsp3) is 0.588. The van der Waals surface area contributed by atoms with Gasteiger partial charge < -0.3 is 11.1 Å². The summed E-state index contributed by atoms with van der Waals surface area (Å²) in [5.41, 5.74) is 6.91. The lowest BCUT2D eigenvalue weighted by atomic mass is 9.81. The van der Waals surface area contributed by atoms with Gasteiger partial charge in [0.25, 0.3) is 0 Å². The Hall–Kier alpha value is -1.06. The lowest BCUT2D eigenvalue weighted by molar-refractivity contribution is -0.128. The second-order valence-corrected chi connectivity index (χ2v) is 5.99. The van der Waals surface area contributed by atoms with Gasteiger partial charge in [-0.05, 0) is 31.2 Å². The van der Waals surface area contributed by atoms with Crippen molar-refractivity contribution in [3.05, 3.63) is 35.9 Å². The lowest BCUT2D eigenvalue weighted by Crippen LogP contribution is -2.57. The Kier molecular flexibility index (Phi) is 7.20. The normalized spacial score (nSPS) is 18.4. The fourth-order valence-corrected chi connectivity index (χ4v) is 2.93. The number of halogens is 1. The number of nitrogens with one attached hydrogen (secondary N) is 1. The van der Waals surface area contributed by atoms with Crippen LogP contribution in [-0.2, 0) is 11.2 Å². The molecule has 0 bridgehead atoms. The molecule has 0 heterocycles. The molecule has 21 heavy (non-hydrogen) atoms. The molecule has 0 radical (unpaired) electrons. The molecule has 3 nitrogen and oxygen atoms in total. The Morgan fingerprint density at radius 2 is 1.86 bits per heavy atom. The quantitative estimate of drug-likeness (QED) is 0.877. The van der Waals surface area contributed by atoms with E-state index in [0.717, 1.165) is 38.5 Å². The zero-order valence-corrected chi connectivity index (χ0v) is 13.6. The highest BCUT2D eigenvalue weighted by Crippen LogP contribution is 2.26. The summed E-state index contributed by atoms with van der Waals surface area (Å²) < 4.78 is 0. The summed E-state index contributed by atoms with van der Waals surface area (Å²) in [6, 6.07) is 10.5. The number of hydrogen-bond acceptors (Lipinski definition) is 2. The first-order valence-corrected chi connectivity index (χ1v) is 7.78. The monoisotopic (exact) mass is 310 g/mol. The van der Waals surface area contributed by atoms with E-state index in [9.17, 15) is 4.79 Å². The second-order valence-electron chi connectivity index (χ2n) is 5.99. The van der Waals surface area contributed by atoms with Crippen LogP contribution in [-0.4, -0.2) is 17.5 Å². The van der Waals surface area contributed by atoms with E-state index in [1.165, 1.54) is 12.0 Å². The van der Waals surface area contributed by atoms with Crippen LogP contribution in [0.15, 0.2) is 30.3 Å². The van der Waals surface area contributed by atoms with Gasteiger partial charge in [-0.2, -0.15) is 0 Å². The smallest absolute Gasteiger partial charge is 0.240 e. The van der Waals surface area contributed by atoms with Crippen molar-refractivity contribution in [3.8, 4) is 0 Å².